The highest BCUT2D eigenvalue weighted by molar-refractivity contribution is 9.10. The van der Waals surface area contributed by atoms with Gasteiger partial charge in [0, 0.05) is 11.5 Å². The van der Waals surface area contributed by atoms with Crippen molar-refractivity contribution in [3.05, 3.63) is 52.5 Å². The molecule has 2 aromatic carbocycles. The Morgan fingerprint density at radius 1 is 1.11 bits per heavy atom. The summed E-state index contributed by atoms with van der Waals surface area (Å²) < 4.78 is 6.67. The SMILES string of the molecule is CN1C(=O)c2cc(Br)ccc2Oc2ccccc21. The van der Waals surface area contributed by atoms with Crippen LogP contribution in [0.25, 0.3) is 0 Å². The molecule has 0 saturated heterocycles. The first kappa shape index (κ1) is 11.3. The van der Waals surface area contributed by atoms with Crippen LogP contribution < -0.4 is 9.64 Å². The number of amides is 1. The Morgan fingerprint density at radius 2 is 1.89 bits per heavy atom. The molecule has 0 fully saturated rings. The molecular formula is C14H10BrNO2. The molecule has 0 N–H and O–H groups in total. The number of ether oxygens (including phenoxy) is 1. The standard InChI is InChI=1S/C14H10BrNO2/c1-16-11-4-2-3-5-13(11)18-12-7-6-9(15)8-10(12)14(16)17/h2-8H,1H3. The first-order chi connectivity index (χ1) is 8.66. The zero-order valence-electron chi connectivity index (χ0n) is 9.68. The number of carbonyl (C=O) groups is 1. The van der Waals surface area contributed by atoms with E-state index in [2.05, 4.69) is 15.9 Å². The summed E-state index contributed by atoms with van der Waals surface area (Å²) in [6, 6.07) is 12.9. The smallest absolute Gasteiger partial charge is 0.261 e. The average molecular weight is 304 g/mol. The molecule has 18 heavy (non-hydrogen) atoms. The van der Waals surface area contributed by atoms with Gasteiger partial charge in [0.2, 0.25) is 0 Å². The van der Waals surface area contributed by atoms with Crippen LogP contribution in [0.5, 0.6) is 11.5 Å². The van der Waals surface area contributed by atoms with Crippen LogP contribution in [-0.4, -0.2) is 13.0 Å². The fourth-order valence-electron chi connectivity index (χ4n) is 1.99. The van der Waals surface area contributed by atoms with Crippen molar-refractivity contribution < 1.29 is 9.53 Å². The van der Waals surface area contributed by atoms with E-state index in [0.717, 1.165) is 10.2 Å². The van der Waals surface area contributed by atoms with Crippen LogP contribution in [-0.2, 0) is 0 Å². The van der Waals surface area contributed by atoms with E-state index in [1.54, 1.807) is 24.1 Å². The number of anilines is 1. The Labute approximate surface area is 113 Å². The lowest BCUT2D eigenvalue weighted by Crippen LogP contribution is -2.25. The normalized spacial score (nSPS) is 13.4. The van der Waals surface area contributed by atoms with E-state index in [1.807, 2.05) is 30.3 Å². The Kier molecular flexibility index (Phi) is 2.59. The number of carbonyl (C=O) groups excluding carboxylic acids is 1. The van der Waals surface area contributed by atoms with Gasteiger partial charge in [-0.25, -0.2) is 0 Å². The molecule has 3 nitrogen and oxygen atoms in total. The van der Waals surface area contributed by atoms with Crippen LogP contribution in [0.4, 0.5) is 5.69 Å². The van der Waals surface area contributed by atoms with Gasteiger partial charge in [0.25, 0.3) is 5.91 Å². The lowest BCUT2D eigenvalue weighted by molar-refractivity contribution is 0.0993. The maximum Gasteiger partial charge on any atom is 0.261 e. The van der Waals surface area contributed by atoms with Crippen LogP contribution in [0, 0.1) is 0 Å². The van der Waals surface area contributed by atoms with Gasteiger partial charge in [-0.1, -0.05) is 28.1 Å². The molecule has 1 amide bonds. The fourth-order valence-corrected chi connectivity index (χ4v) is 2.35. The van der Waals surface area contributed by atoms with Crippen LogP contribution >= 0.6 is 15.9 Å². The molecule has 0 aromatic heterocycles. The highest BCUT2D eigenvalue weighted by Gasteiger charge is 2.25. The van der Waals surface area contributed by atoms with Gasteiger partial charge in [-0.3, -0.25) is 4.79 Å². The first-order valence-corrected chi connectivity index (χ1v) is 6.30. The second-order valence-electron chi connectivity index (χ2n) is 4.07. The van der Waals surface area contributed by atoms with E-state index in [-0.39, 0.29) is 5.91 Å². The summed E-state index contributed by atoms with van der Waals surface area (Å²) in [5.74, 6) is 1.20. The number of nitrogens with zero attached hydrogens (tertiary/aromatic N) is 1. The zero-order chi connectivity index (χ0) is 12.7. The summed E-state index contributed by atoms with van der Waals surface area (Å²) in [6.45, 7) is 0. The minimum absolute atomic E-state index is 0.0729. The van der Waals surface area contributed by atoms with Crippen molar-refractivity contribution in [2.24, 2.45) is 0 Å². The number of hydrogen-bond acceptors (Lipinski definition) is 2. The van der Waals surface area contributed by atoms with Crippen LogP contribution in [0.2, 0.25) is 0 Å². The lowest BCUT2D eigenvalue weighted by Gasteiger charge is -2.15. The van der Waals surface area contributed by atoms with Gasteiger partial charge in [0.15, 0.2) is 5.75 Å². The summed E-state index contributed by atoms with van der Waals surface area (Å²) in [5, 5.41) is 0. The molecule has 0 spiro atoms. The molecule has 0 atom stereocenters. The van der Waals surface area contributed by atoms with E-state index < -0.39 is 0 Å². The molecular weight excluding hydrogens is 294 g/mol. The fraction of sp³-hybridized carbons (Fsp3) is 0.0714. The number of benzene rings is 2. The molecule has 1 aliphatic heterocycles. The van der Waals surface area contributed by atoms with Gasteiger partial charge >= 0.3 is 0 Å². The minimum Gasteiger partial charge on any atom is -0.454 e. The van der Waals surface area contributed by atoms with Gasteiger partial charge in [-0.05, 0) is 30.3 Å². The van der Waals surface area contributed by atoms with E-state index in [1.165, 1.54) is 0 Å². The maximum atomic E-state index is 12.4. The van der Waals surface area contributed by atoms with Crippen molar-refractivity contribution in [3.63, 3.8) is 0 Å². The predicted molar refractivity (Wildman–Crippen MR) is 73.4 cm³/mol. The first-order valence-electron chi connectivity index (χ1n) is 5.51. The Balaban J connectivity index is 2.23. The van der Waals surface area contributed by atoms with E-state index in [0.29, 0.717) is 17.1 Å². The second-order valence-corrected chi connectivity index (χ2v) is 4.99. The Morgan fingerprint density at radius 3 is 2.72 bits per heavy atom. The van der Waals surface area contributed by atoms with Crippen molar-refractivity contribution in [1.29, 1.82) is 0 Å². The summed E-state index contributed by atoms with van der Waals surface area (Å²) >= 11 is 3.37. The zero-order valence-corrected chi connectivity index (χ0v) is 11.3. The highest BCUT2D eigenvalue weighted by atomic mass is 79.9. The van der Waals surface area contributed by atoms with Crippen molar-refractivity contribution in [1.82, 2.24) is 0 Å². The quantitative estimate of drug-likeness (QED) is 0.740. The molecule has 90 valence electrons. The van der Waals surface area contributed by atoms with Crippen molar-refractivity contribution in [3.8, 4) is 11.5 Å². The van der Waals surface area contributed by atoms with E-state index in [4.69, 9.17) is 4.74 Å². The van der Waals surface area contributed by atoms with Crippen LogP contribution in [0.1, 0.15) is 10.4 Å². The van der Waals surface area contributed by atoms with E-state index >= 15 is 0 Å². The number of rotatable bonds is 0. The molecule has 0 radical (unpaired) electrons. The maximum absolute atomic E-state index is 12.4. The summed E-state index contributed by atoms with van der Waals surface area (Å²) in [7, 11) is 1.75. The second kappa shape index (κ2) is 4.14. The molecule has 2 aromatic rings. The molecule has 3 rings (SSSR count). The van der Waals surface area contributed by atoms with Crippen molar-refractivity contribution in [2.75, 3.05) is 11.9 Å². The summed E-state index contributed by atoms with van der Waals surface area (Å²) in [6.07, 6.45) is 0. The third-order valence-corrected chi connectivity index (χ3v) is 3.42. The Hall–Kier alpha value is -1.81. The molecule has 0 unspecified atom stereocenters. The van der Waals surface area contributed by atoms with Crippen LogP contribution in [0.15, 0.2) is 46.9 Å². The van der Waals surface area contributed by atoms with Crippen molar-refractivity contribution in [2.45, 2.75) is 0 Å². The van der Waals surface area contributed by atoms with Gasteiger partial charge in [-0.15, -0.1) is 0 Å². The number of para-hydroxylation sites is 2. The van der Waals surface area contributed by atoms with Gasteiger partial charge in [-0.2, -0.15) is 0 Å². The third-order valence-electron chi connectivity index (χ3n) is 2.92. The van der Waals surface area contributed by atoms with Crippen molar-refractivity contribution >= 4 is 27.5 Å². The molecule has 1 heterocycles. The molecule has 1 aliphatic rings. The number of fused-ring (bicyclic) bond motifs is 2. The largest absolute Gasteiger partial charge is 0.454 e. The lowest BCUT2D eigenvalue weighted by atomic mass is 10.2. The minimum atomic E-state index is -0.0729. The highest BCUT2D eigenvalue weighted by Crippen LogP contribution is 2.38. The summed E-state index contributed by atoms with van der Waals surface area (Å²) in [5.41, 5.74) is 1.33. The molecule has 0 aliphatic carbocycles. The molecule has 0 bridgehead atoms. The Bertz CT molecular complexity index is 639. The third kappa shape index (κ3) is 1.69. The predicted octanol–water partition coefficient (Wildman–Crippen LogP) is 3.83. The van der Waals surface area contributed by atoms with Gasteiger partial charge in [0.1, 0.15) is 5.75 Å². The average Bonchev–Trinajstić information content (AvgIpc) is 2.48. The topological polar surface area (TPSA) is 29.5 Å². The van der Waals surface area contributed by atoms with Crippen LogP contribution in [0.3, 0.4) is 0 Å². The van der Waals surface area contributed by atoms with E-state index in [9.17, 15) is 4.79 Å². The van der Waals surface area contributed by atoms with Gasteiger partial charge < -0.3 is 9.64 Å². The summed E-state index contributed by atoms with van der Waals surface area (Å²) in [4.78, 5) is 14.0. The number of hydrogen-bond donors (Lipinski definition) is 0. The molecule has 4 heteroatoms. The van der Waals surface area contributed by atoms with Gasteiger partial charge in [0.05, 0.1) is 11.3 Å². The number of halogens is 1. The molecule has 0 saturated carbocycles. The monoisotopic (exact) mass is 303 g/mol.